The van der Waals surface area contributed by atoms with E-state index in [0.717, 1.165) is 42.4 Å². The number of nitrogens with one attached hydrogen (secondary N) is 1. The van der Waals surface area contributed by atoms with E-state index < -0.39 is 0 Å². The molecule has 26 heavy (non-hydrogen) atoms. The fourth-order valence-electron chi connectivity index (χ4n) is 2.61. The van der Waals surface area contributed by atoms with Crippen molar-refractivity contribution in [2.45, 2.75) is 19.4 Å². The third kappa shape index (κ3) is 5.06. The summed E-state index contributed by atoms with van der Waals surface area (Å²) < 4.78 is 7.99. The van der Waals surface area contributed by atoms with Gasteiger partial charge in [-0.15, -0.1) is 0 Å². The maximum absolute atomic E-state index is 11.9. The molecule has 134 valence electrons. The largest absolute Gasteiger partial charge is 0.487 e. The van der Waals surface area contributed by atoms with Gasteiger partial charge in [0.1, 0.15) is 12.4 Å². The Morgan fingerprint density at radius 2 is 1.88 bits per heavy atom. The lowest BCUT2D eigenvalue weighted by Gasteiger charge is -2.25. The second-order valence-corrected chi connectivity index (χ2v) is 8.50. The summed E-state index contributed by atoms with van der Waals surface area (Å²) in [5, 5.41) is 4.07. The monoisotopic (exact) mass is 572 g/mol. The maximum atomic E-state index is 11.9. The van der Waals surface area contributed by atoms with Crippen molar-refractivity contribution in [3.63, 3.8) is 0 Å². The van der Waals surface area contributed by atoms with Crippen molar-refractivity contribution in [3.8, 4) is 5.75 Å². The highest BCUT2D eigenvalue weighted by Gasteiger charge is 2.28. The van der Waals surface area contributed by atoms with Gasteiger partial charge in [-0.1, -0.05) is 42.5 Å². The molecule has 1 fully saturated rings. The summed E-state index contributed by atoms with van der Waals surface area (Å²) in [5.74, 6) is 0.846. The van der Waals surface area contributed by atoms with Crippen molar-refractivity contribution in [2.75, 3.05) is 0 Å². The molecule has 1 N–H and O–H groups in total. The lowest BCUT2D eigenvalue weighted by Crippen LogP contribution is -2.32. The van der Waals surface area contributed by atoms with Crippen LogP contribution in [0.25, 0.3) is 0 Å². The van der Waals surface area contributed by atoms with Crippen LogP contribution < -0.4 is 10.2 Å². The number of carbonyl (C=O) groups is 1. The molecule has 6 heteroatoms. The molecule has 2 aromatic rings. The third-order valence-electron chi connectivity index (χ3n) is 4.08. The van der Waals surface area contributed by atoms with Gasteiger partial charge < -0.3 is 4.74 Å². The molecule has 0 aromatic heterocycles. The van der Waals surface area contributed by atoms with Crippen LogP contribution in [0.1, 0.15) is 24.0 Å². The SMILES string of the molecule is C=C1CC(C(=O)N/N=C\c2cc(I)c(OCc3ccccc3)c(I)c2)C1. The number of ether oxygens (including phenoxy) is 1. The van der Waals surface area contributed by atoms with E-state index in [-0.39, 0.29) is 11.8 Å². The fraction of sp³-hybridized carbons (Fsp3) is 0.200. The van der Waals surface area contributed by atoms with Gasteiger partial charge in [-0.05, 0) is 81.3 Å². The van der Waals surface area contributed by atoms with Gasteiger partial charge in [-0.3, -0.25) is 4.79 Å². The normalized spacial score (nSPS) is 14.3. The minimum atomic E-state index is -0.0409. The highest BCUT2D eigenvalue weighted by atomic mass is 127. The van der Waals surface area contributed by atoms with Gasteiger partial charge in [0.25, 0.3) is 0 Å². The number of halogens is 2. The highest BCUT2D eigenvalue weighted by molar-refractivity contribution is 14.1. The van der Waals surface area contributed by atoms with E-state index in [1.165, 1.54) is 0 Å². The van der Waals surface area contributed by atoms with Crippen molar-refractivity contribution in [1.29, 1.82) is 0 Å². The Labute approximate surface area is 180 Å². The highest BCUT2D eigenvalue weighted by Crippen LogP contribution is 2.31. The summed E-state index contributed by atoms with van der Waals surface area (Å²) in [6.45, 7) is 4.38. The summed E-state index contributed by atoms with van der Waals surface area (Å²) in [6, 6.07) is 14.1. The zero-order valence-electron chi connectivity index (χ0n) is 14.0. The quantitative estimate of drug-likeness (QED) is 0.232. The first-order valence-corrected chi connectivity index (χ1v) is 10.3. The number of hydrogen-bond acceptors (Lipinski definition) is 3. The smallest absolute Gasteiger partial charge is 0.243 e. The average molecular weight is 572 g/mol. The molecular weight excluding hydrogens is 554 g/mol. The number of amides is 1. The van der Waals surface area contributed by atoms with Gasteiger partial charge in [0.05, 0.1) is 13.4 Å². The molecule has 1 saturated carbocycles. The first-order valence-electron chi connectivity index (χ1n) is 8.18. The minimum absolute atomic E-state index is 0.0219. The van der Waals surface area contributed by atoms with Crippen LogP contribution in [0.3, 0.4) is 0 Å². The molecule has 1 aliphatic carbocycles. The minimum Gasteiger partial charge on any atom is -0.487 e. The summed E-state index contributed by atoms with van der Waals surface area (Å²) in [4.78, 5) is 11.9. The van der Waals surface area contributed by atoms with E-state index in [2.05, 4.69) is 62.3 Å². The summed E-state index contributed by atoms with van der Waals surface area (Å²) in [5.41, 5.74) is 5.79. The first kappa shape index (κ1) is 19.3. The zero-order valence-corrected chi connectivity index (χ0v) is 18.4. The summed E-state index contributed by atoms with van der Waals surface area (Å²) in [7, 11) is 0. The molecule has 0 spiro atoms. The molecular formula is C20H18I2N2O2. The van der Waals surface area contributed by atoms with Crippen molar-refractivity contribution in [1.82, 2.24) is 5.43 Å². The molecule has 2 aromatic carbocycles. The van der Waals surface area contributed by atoms with Crippen LogP contribution in [0.15, 0.2) is 59.7 Å². The van der Waals surface area contributed by atoms with Crippen LogP contribution in [0.2, 0.25) is 0 Å². The van der Waals surface area contributed by atoms with Crippen molar-refractivity contribution >= 4 is 57.3 Å². The molecule has 0 aliphatic heterocycles. The second kappa shape index (κ2) is 8.98. The Balaban J connectivity index is 1.60. The van der Waals surface area contributed by atoms with E-state index in [9.17, 15) is 4.79 Å². The fourth-order valence-corrected chi connectivity index (χ4v) is 4.73. The van der Waals surface area contributed by atoms with Crippen molar-refractivity contribution in [2.24, 2.45) is 11.0 Å². The predicted molar refractivity (Wildman–Crippen MR) is 120 cm³/mol. The van der Waals surface area contributed by atoms with Gasteiger partial charge in [0, 0.05) is 5.92 Å². The van der Waals surface area contributed by atoms with Crippen LogP contribution >= 0.6 is 45.2 Å². The molecule has 4 nitrogen and oxygen atoms in total. The van der Waals surface area contributed by atoms with Crippen LogP contribution in [0.4, 0.5) is 0 Å². The first-order chi connectivity index (χ1) is 12.5. The van der Waals surface area contributed by atoms with Gasteiger partial charge in [0.2, 0.25) is 5.91 Å². The molecule has 0 heterocycles. The molecule has 0 unspecified atom stereocenters. The number of benzene rings is 2. The van der Waals surface area contributed by atoms with Gasteiger partial charge in [-0.2, -0.15) is 5.10 Å². The van der Waals surface area contributed by atoms with Crippen LogP contribution in [-0.4, -0.2) is 12.1 Å². The molecule has 1 amide bonds. The zero-order chi connectivity index (χ0) is 18.5. The second-order valence-electron chi connectivity index (χ2n) is 6.18. The number of hydrogen-bond donors (Lipinski definition) is 1. The van der Waals surface area contributed by atoms with Crippen LogP contribution in [-0.2, 0) is 11.4 Å². The Morgan fingerprint density at radius 3 is 2.50 bits per heavy atom. The van der Waals surface area contributed by atoms with Crippen LogP contribution in [0, 0.1) is 13.1 Å². The number of hydrazone groups is 1. The molecule has 3 rings (SSSR count). The van der Waals surface area contributed by atoms with Crippen molar-refractivity contribution < 1.29 is 9.53 Å². The van der Waals surface area contributed by atoms with E-state index in [0.29, 0.717) is 6.61 Å². The van der Waals surface area contributed by atoms with Gasteiger partial charge in [-0.25, -0.2) is 5.43 Å². The third-order valence-corrected chi connectivity index (χ3v) is 5.68. The van der Waals surface area contributed by atoms with Crippen LogP contribution in [0.5, 0.6) is 5.75 Å². The maximum Gasteiger partial charge on any atom is 0.243 e. The molecule has 0 saturated heterocycles. The summed E-state index contributed by atoms with van der Waals surface area (Å²) >= 11 is 4.52. The predicted octanol–water partition coefficient (Wildman–Crippen LogP) is 4.89. The van der Waals surface area contributed by atoms with E-state index in [1.54, 1.807) is 6.21 Å². The number of carbonyl (C=O) groups excluding carboxylic acids is 1. The summed E-state index contributed by atoms with van der Waals surface area (Å²) in [6.07, 6.45) is 3.20. The van der Waals surface area contributed by atoms with Gasteiger partial charge in [0.15, 0.2) is 0 Å². The molecule has 1 aliphatic rings. The topological polar surface area (TPSA) is 50.7 Å². The Bertz CT molecular complexity index is 819. The van der Waals surface area contributed by atoms with E-state index in [4.69, 9.17) is 4.74 Å². The van der Waals surface area contributed by atoms with E-state index >= 15 is 0 Å². The Morgan fingerprint density at radius 1 is 1.23 bits per heavy atom. The van der Waals surface area contributed by atoms with Crippen molar-refractivity contribution in [3.05, 3.63) is 72.9 Å². The lowest BCUT2D eigenvalue weighted by molar-refractivity contribution is -0.126. The Hall–Kier alpha value is -1.42. The van der Waals surface area contributed by atoms with E-state index in [1.807, 2.05) is 42.5 Å². The molecule has 0 bridgehead atoms. The standard InChI is InChI=1S/C20H18I2N2O2/c1-13-7-16(8-13)20(25)24-23-11-15-9-17(21)19(18(22)10-15)26-12-14-5-3-2-4-6-14/h2-6,9-11,16H,1,7-8,12H2,(H,24,25)/b23-11-. The number of allylic oxidation sites excluding steroid dienone is 1. The molecule has 0 radical (unpaired) electrons. The number of rotatable bonds is 6. The molecule has 0 atom stereocenters. The average Bonchev–Trinajstić information content (AvgIpc) is 2.59. The lowest BCUT2D eigenvalue weighted by atomic mass is 9.81. The number of nitrogens with zero attached hydrogens (tertiary/aromatic N) is 1. The van der Waals surface area contributed by atoms with Gasteiger partial charge >= 0.3 is 0 Å². The Kier molecular flexibility index (Phi) is 6.68.